The van der Waals surface area contributed by atoms with Gasteiger partial charge in [-0.2, -0.15) is 5.10 Å². The predicted octanol–water partition coefficient (Wildman–Crippen LogP) is 4.80. The Kier molecular flexibility index (Phi) is 9.52. The van der Waals surface area contributed by atoms with Crippen molar-refractivity contribution in [2.75, 3.05) is 41.4 Å². The molecular weight excluding hydrogens is 428 g/mol. The quantitative estimate of drug-likeness (QED) is 0.368. The highest BCUT2D eigenvalue weighted by molar-refractivity contribution is 6.00. The lowest BCUT2D eigenvalue weighted by molar-refractivity contribution is 0.0953. The van der Waals surface area contributed by atoms with Crippen LogP contribution in [0, 0.1) is 0 Å². The highest BCUT2D eigenvalue weighted by Crippen LogP contribution is 2.33. The third-order valence-electron chi connectivity index (χ3n) is 5.70. The highest BCUT2D eigenvalue weighted by atomic mass is 16.5. The van der Waals surface area contributed by atoms with Gasteiger partial charge in [-0.25, -0.2) is 4.68 Å². The predicted molar refractivity (Wildman–Crippen MR) is 136 cm³/mol. The van der Waals surface area contributed by atoms with Crippen LogP contribution in [0.4, 0.5) is 0 Å². The number of carbonyl (C=O) groups excluding carboxylic acids is 1. The van der Waals surface area contributed by atoms with E-state index in [9.17, 15) is 4.79 Å². The van der Waals surface area contributed by atoms with Crippen LogP contribution in [-0.4, -0.2) is 62.0 Å². The number of rotatable bonds is 13. The van der Waals surface area contributed by atoms with Crippen molar-refractivity contribution in [3.8, 4) is 28.4 Å². The van der Waals surface area contributed by atoms with E-state index in [-0.39, 0.29) is 5.91 Å². The lowest BCUT2D eigenvalue weighted by Crippen LogP contribution is -2.24. The van der Waals surface area contributed by atoms with Crippen molar-refractivity contribution in [1.29, 1.82) is 0 Å². The van der Waals surface area contributed by atoms with Crippen molar-refractivity contribution < 1.29 is 14.3 Å². The molecule has 0 aliphatic rings. The van der Waals surface area contributed by atoms with Crippen LogP contribution >= 0.6 is 0 Å². The van der Waals surface area contributed by atoms with E-state index in [1.165, 1.54) is 19.3 Å². The van der Waals surface area contributed by atoms with Crippen LogP contribution in [0.3, 0.4) is 0 Å². The molecule has 0 aliphatic carbocycles. The molecule has 0 bridgehead atoms. The maximum Gasteiger partial charge on any atom is 0.255 e. The summed E-state index contributed by atoms with van der Waals surface area (Å²) >= 11 is 0. The number of aromatic nitrogens is 2. The number of benzene rings is 2. The van der Waals surface area contributed by atoms with Gasteiger partial charge in [0.05, 0.1) is 25.5 Å². The molecule has 1 amide bonds. The first kappa shape index (κ1) is 25.3. The van der Waals surface area contributed by atoms with Crippen molar-refractivity contribution in [2.45, 2.75) is 32.1 Å². The van der Waals surface area contributed by atoms with Gasteiger partial charge >= 0.3 is 0 Å². The minimum atomic E-state index is -0.125. The van der Waals surface area contributed by atoms with Gasteiger partial charge in [0.25, 0.3) is 5.91 Å². The van der Waals surface area contributed by atoms with E-state index in [0.29, 0.717) is 29.3 Å². The topological polar surface area (TPSA) is 68.6 Å². The van der Waals surface area contributed by atoms with E-state index in [1.807, 2.05) is 48.5 Å². The fourth-order valence-electron chi connectivity index (χ4n) is 3.83. The summed E-state index contributed by atoms with van der Waals surface area (Å²) in [5.41, 5.74) is 2.81. The third kappa shape index (κ3) is 6.84. The first-order valence-electron chi connectivity index (χ1n) is 11.8. The zero-order valence-electron chi connectivity index (χ0n) is 20.7. The van der Waals surface area contributed by atoms with Crippen molar-refractivity contribution in [3.63, 3.8) is 0 Å². The largest absolute Gasteiger partial charge is 0.493 e. The van der Waals surface area contributed by atoms with E-state index < -0.39 is 0 Å². The van der Waals surface area contributed by atoms with Crippen molar-refractivity contribution in [1.82, 2.24) is 20.0 Å². The smallest absolute Gasteiger partial charge is 0.255 e. The monoisotopic (exact) mass is 464 g/mol. The van der Waals surface area contributed by atoms with Gasteiger partial charge in [0.15, 0.2) is 11.5 Å². The molecule has 0 spiro atoms. The van der Waals surface area contributed by atoms with E-state index in [2.05, 4.69) is 24.3 Å². The molecule has 1 aromatic heterocycles. The lowest BCUT2D eigenvalue weighted by atomic mass is 10.1. The molecule has 0 saturated heterocycles. The summed E-state index contributed by atoms with van der Waals surface area (Å²) in [6.45, 7) is 1.77. The van der Waals surface area contributed by atoms with Crippen molar-refractivity contribution in [3.05, 3.63) is 60.3 Å². The van der Waals surface area contributed by atoms with Crippen LogP contribution < -0.4 is 14.8 Å². The number of amides is 1. The van der Waals surface area contributed by atoms with Gasteiger partial charge in [-0.05, 0) is 63.8 Å². The van der Waals surface area contributed by atoms with Gasteiger partial charge in [-0.1, -0.05) is 37.5 Å². The number of nitrogens with zero attached hydrogens (tertiary/aromatic N) is 3. The Hall–Kier alpha value is -3.32. The zero-order chi connectivity index (χ0) is 24.3. The van der Waals surface area contributed by atoms with Crippen LogP contribution in [0.2, 0.25) is 0 Å². The summed E-state index contributed by atoms with van der Waals surface area (Å²) in [5, 5.41) is 7.83. The number of methoxy groups -OCH3 is 2. The first-order valence-corrected chi connectivity index (χ1v) is 11.8. The number of hydrogen-bond donors (Lipinski definition) is 1. The molecule has 0 atom stereocenters. The number of carbonyl (C=O) groups is 1. The second-order valence-corrected chi connectivity index (χ2v) is 8.57. The molecule has 7 heteroatoms. The number of unbranched alkanes of at least 4 members (excludes halogenated alkanes) is 4. The summed E-state index contributed by atoms with van der Waals surface area (Å²) in [7, 11) is 7.40. The Labute approximate surface area is 202 Å². The average Bonchev–Trinajstić information content (AvgIpc) is 3.31. The molecule has 3 aromatic rings. The van der Waals surface area contributed by atoms with Crippen LogP contribution in [0.5, 0.6) is 11.5 Å². The molecule has 0 fully saturated rings. The van der Waals surface area contributed by atoms with E-state index in [1.54, 1.807) is 25.1 Å². The molecule has 0 unspecified atom stereocenters. The summed E-state index contributed by atoms with van der Waals surface area (Å²) in [6, 6.07) is 15.3. The summed E-state index contributed by atoms with van der Waals surface area (Å²) in [6.07, 6.45) is 7.49. The molecule has 2 aromatic carbocycles. The van der Waals surface area contributed by atoms with Gasteiger partial charge in [0.1, 0.15) is 5.69 Å². The zero-order valence-corrected chi connectivity index (χ0v) is 20.7. The molecular formula is C27H36N4O3. The Morgan fingerprint density at radius 3 is 2.35 bits per heavy atom. The fourth-order valence-corrected chi connectivity index (χ4v) is 3.83. The van der Waals surface area contributed by atoms with E-state index >= 15 is 0 Å². The number of ether oxygens (including phenoxy) is 2. The van der Waals surface area contributed by atoms with Gasteiger partial charge in [0, 0.05) is 18.3 Å². The second kappa shape index (κ2) is 12.8. The van der Waals surface area contributed by atoms with Crippen LogP contribution in [0.1, 0.15) is 42.5 Å². The van der Waals surface area contributed by atoms with Gasteiger partial charge in [-0.15, -0.1) is 0 Å². The molecule has 0 aliphatic heterocycles. The Balaban J connectivity index is 1.73. The Morgan fingerprint density at radius 1 is 0.941 bits per heavy atom. The fraction of sp³-hybridized carbons (Fsp3) is 0.407. The molecule has 34 heavy (non-hydrogen) atoms. The van der Waals surface area contributed by atoms with Crippen LogP contribution in [-0.2, 0) is 0 Å². The molecule has 1 heterocycles. The average molecular weight is 465 g/mol. The number of para-hydroxylation sites is 1. The molecule has 0 saturated carbocycles. The van der Waals surface area contributed by atoms with Gasteiger partial charge < -0.3 is 19.7 Å². The van der Waals surface area contributed by atoms with Crippen LogP contribution in [0.25, 0.3) is 16.9 Å². The van der Waals surface area contributed by atoms with Gasteiger partial charge in [-0.3, -0.25) is 4.79 Å². The number of hydrogen-bond acceptors (Lipinski definition) is 5. The summed E-state index contributed by atoms with van der Waals surface area (Å²) < 4.78 is 12.6. The second-order valence-electron chi connectivity index (χ2n) is 8.57. The maximum atomic E-state index is 13.1. The van der Waals surface area contributed by atoms with Gasteiger partial charge in [0.2, 0.25) is 0 Å². The minimum absolute atomic E-state index is 0.125. The molecule has 0 radical (unpaired) electrons. The third-order valence-corrected chi connectivity index (χ3v) is 5.70. The van der Waals surface area contributed by atoms with Crippen molar-refractivity contribution in [2.24, 2.45) is 0 Å². The van der Waals surface area contributed by atoms with E-state index in [4.69, 9.17) is 14.6 Å². The minimum Gasteiger partial charge on any atom is -0.493 e. The normalized spacial score (nSPS) is 11.0. The highest BCUT2D eigenvalue weighted by Gasteiger charge is 2.20. The molecule has 7 nitrogen and oxygen atoms in total. The summed E-state index contributed by atoms with van der Waals surface area (Å²) in [5.74, 6) is 1.10. The Bertz CT molecular complexity index is 1050. The SMILES string of the molecule is COc1ccc(-c2nn(-c3ccccc3)cc2C(=O)NCCCCCCCN(C)C)cc1OC. The number of nitrogens with one attached hydrogen (secondary N) is 1. The molecule has 3 rings (SSSR count). The van der Waals surface area contributed by atoms with E-state index in [0.717, 1.165) is 30.6 Å². The summed E-state index contributed by atoms with van der Waals surface area (Å²) in [4.78, 5) is 15.4. The van der Waals surface area contributed by atoms with Crippen LogP contribution in [0.15, 0.2) is 54.7 Å². The maximum absolute atomic E-state index is 13.1. The standard InChI is InChI=1S/C27H36N4O3/c1-30(2)18-12-7-5-6-11-17-28-27(32)23-20-31(22-13-9-8-10-14-22)29-26(23)21-15-16-24(33-3)25(19-21)34-4/h8-10,13-16,19-20H,5-7,11-12,17-18H2,1-4H3,(H,28,32). The first-order chi connectivity index (χ1) is 16.5. The molecule has 182 valence electrons. The Morgan fingerprint density at radius 2 is 1.65 bits per heavy atom. The lowest BCUT2D eigenvalue weighted by Gasteiger charge is -2.10. The van der Waals surface area contributed by atoms with Crippen molar-refractivity contribution >= 4 is 5.91 Å². The molecule has 1 N–H and O–H groups in total.